The second-order valence-corrected chi connectivity index (χ2v) is 6.53. The van der Waals surface area contributed by atoms with E-state index in [0.717, 1.165) is 29.6 Å². The van der Waals surface area contributed by atoms with E-state index in [4.69, 9.17) is 0 Å². The van der Waals surface area contributed by atoms with Gasteiger partial charge in [-0.05, 0) is 48.6 Å². The van der Waals surface area contributed by atoms with Crippen LogP contribution in [0, 0.1) is 0 Å². The summed E-state index contributed by atoms with van der Waals surface area (Å²) in [6.07, 6.45) is 6.98. The average Bonchev–Trinajstić information content (AvgIpc) is 3.02. The van der Waals surface area contributed by atoms with Crippen LogP contribution in [-0.4, -0.2) is 10.1 Å². The van der Waals surface area contributed by atoms with Crippen LogP contribution < -0.4 is 0 Å². The van der Waals surface area contributed by atoms with Crippen LogP contribution in [0.4, 0.5) is 0 Å². The smallest absolute Gasteiger partial charge is 0.125 e. The van der Waals surface area contributed by atoms with Gasteiger partial charge in [0.15, 0.2) is 0 Å². The van der Waals surface area contributed by atoms with E-state index in [0.29, 0.717) is 5.75 Å². The maximum absolute atomic E-state index is 10.6. The number of H-pyrrole nitrogens is 1. The Morgan fingerprint density at radius 2 is 1.79 bits per heavy atom. The Bertz CT molecular complexity index is 783. The minimum absolute atomic E-state index is 0.379. The maximum Gasteiger partial charge on any atom is 0.125 e. The maximum atomic E-state index is 10.6. The third-order valence-electron chi connectivity index (χ3n) is 4.85. The van der Waals surface area contributed by atoms with Gasteiger partial charge in [0, 0.05) is 16.5 Å². The highest BCUT2D eigenvalue weighted by molar-refractivity contribution is 5.88. The molecule has 1 aromatic heterocycles. The number of rotatable bonds is 7. The van der Waals surface area contributed by atoms with Crippen LogP contribution in [0.2, 0.25) is 0 Å². The van der Waals surface area contributed by atoms with Gasteiger partial charge < -0.3 is 10.1 Å². The highest BCUT2D eigenvalue weighted by Gasteiger charge is 2.16. The summed E-state index contributed by atoms with van der Waals surface area (Å²) in [7, 11) is 0. The van der Waals surface area contributed by atoms with Crippen molar-refractivity contribution in [3.05, 3.63) is 53.6 Å². The highest BCUT2D eigenvalue weighted by atomic mass is 16.3. The highest BCUT2D eigenvalue weighted by Crippen LogP contribution is 2.37. The molecular formula is C22H27NO. The second-order valence-electron chi connectivity index (χ2n) is 6.53. The van der Waals surface area contributed by atoms with Crippen molar-refractivity contribution in [1.82, 2.24) is 4.98 Å². The Morgan fingerprint density at radius 3 is 2.54 bits per heavy atom. The number of benzene rings is 2. The van der Waals surface area contributed by atoms with E-state index in [-0.39, 0.29) is 0 Å². The number of fused-ring (bicyclic) bond motifs is 1. The van der Waals surface area contributed by atoms with Crippen LogP contribution >= 0.6 is 0 Å². The van der Waals surface area contributed by atoms with Gasteiger partial charge in [0.05, 0.1) is 5.69 Å². The largest absolute Gasteiger partial charge is 0.507 e. The van der Waals surface area contributed by atoms with Crippen molar-refractivity contribution < 1.29 is 5.11 Å². The van der Waals surface area contributed by atoms with Crippen molar-refractivity contribution >= 4 is 10.9 Å². The summed E-state index contributed by atoms with van der Waals surface area (Å²) in [5, 5.41) is 11.8. The minimum atomic E-state index is 0.379. The molecule has 126 valence electrons. The molecule has 0 aliphatic carbocycles. The zero-order chi connectivity index (χ0) is 16.9. The summed E-state index contributed by atoms with van der Waals surface area (Å²) in [6, 6.07) is 14.4. The van der Waals surface area contributed by atoms with Gasteiger partial charge in [0.1, 0.15) is 5.75 Å². The summed E-state index contributed by atoms with van der Waals surface area (Å²) >= 11 is 0. The van der Waals surface area contributed by atoms with E-state index >= 15 is 0 Å². The Balaban J connectivity index is 2.04. The molecule has 3 rings (SSSR count). The van der Waals surface area contributed by atoms with Crippen molar-refractivity contribution in [2.75, 3.05) is 0 Å². The van der Waals surface area contributed by atoms with E-state index in [1.165, 1.54) is 42.2 Å². The van der Waals surface area contributed by atoms with Crippen LogP contribution in [0.3, 0.4) is 0 Å². The molecule has 0 spiro atoms. The first-order valence-electron chi connectivity index (χ1n) is 9.16. The summed E-state index contributed by atoms with van der Waals surface area (Å²) in [5.41, 5.74) is 5.78. The topological polar surface area (TPSA) is 36.0 Å². The van der Waals surface area contributed by atoms with Crippen molar-refractivity contribution in [1.29, 1.82) is 0 Å². The summed E-state index contributed by atoms with van der Waals surface area (Å²) in [6.45, 7) is 4.43. The molecule has 0 fully saturated rings. The number of phenolic OH excluding ortho intramolecular Hbond substituents is 1. The van der Waals surface area contributed by atoms with Crippen molar-refractivity contribution in [3.63, 3.8) is 0 Å². The molecule has 3 aromatic rings. The number of aromatic hydroxyl groups is 1. The molecule has 2 N–H and O–H groups in total. The first-order chi connectivity index (χ1) is 11.7. The third kappa shape index (κ3) is 3.33. The lowest BCUT2D eigenvalue weighted by molar-refractivity contribution is 0.476. The average molecular weight is 321 g/mol. The molecule has 0 aliphatic rings. The number of para-hydroxylation sites is 1. The van der Waals surface area contributed by atoms with Crippen molar-refractivity contribution in [2.45, 2.75) is 52.4 Å². The van der Waals surface area contributed by atoms with Crippen molar-refractivity contribution in [3.8, 4) is 17.0 Å². The molecule has 0 aliphatic heterocycles. The lowest BCUT2D eigenvalue weighted by Gasteiger charge is -2.15. The van der Waals surface area contributed by atoms with Gasteiger partial charge in [0.25, 0.3) is 0 Å². The predicted octanol–water partition coefficient (Wildman–Crippen LogP) is 6.23. The van der Waals surface area contributed by atoms with Crippen LogP contribution in [0.5, 0.6) is 5.75 Å². The van der Waals surface area contributed by atoms with E-state index in [1.807, 2.05) is 18.2 Å². The molecule has 0 unspecified atom stereocenters. The number of aromatic nitrogens is 1. The van der Waals surface area contributed by atoms with E-state index < -0.39 is 0 Å². The number of nitrogens with one attached hydrogen (secondary N) is 1. The van der Waals surface area contributed by atoms with E-state index in [2.05, 4.69) is 43.1 Å². The van der Waals surface area contributed by atoms with Gasteiger partial charge in [-0.1, -0.05) is 57.4 Å². The Morgan fingerprint density at radius 1 is 0.958 bits per heavy atom. The Hall–Kier alpha value is -2.22. The molecule has 0 atom stereocenters. The van der Waals surface area contributed by atoms with Gasteiger partial charge in [-0.3, -0.25) is 0 Å². The summed E-state index contributed by atoms with van der Waals surface area (Å²) in [4.78, 5) is 3.49. The lowest BCUT2D eigenvalue weighted by Crippen LogP contribution is -1.98. The molecular weight excluding hydrogens is 294 g/mol. The molecule has 2 aromatic carbocycles. The molecule has 1 heterocycles. The zero-order valence-electron chi connectivity index (χ0n) is 14.7. The fourth-order valence-corrected chi connectivity index (χ4v) is 3.53. The second kappa shape index (κ2) is 7.57. The molecule has 0 saturated heterocycles. The van der Waals surface area contributed by atoms with E-state index in [1.54, 1.807) is 0 Å². The zero-order valence-corrected chi connectivity index (χ0v) is 14.7. The fourth-order valence-electron chi connectivity index (χ4n) is 3.53. The standard InChI is InChI=1S/C22H27NO/c1-3-5-6-7-11-18-16(4-2)13-14-21(24)22(18)20-15-17-10-8-9-12-19(17)23-20/h8-10,12-15,23-24H,3-7,11H2,1-2H3. The molecule has 0 radical (unpaired) electrons. The molecule has 2 nitrogen and oxygen atoms in total. The first kappa shape index (κ1) is 16.6. The van der Waals surface area contributed by atoms with Crippen LogP contribution in [0.1, 0.15) is 50.7 Å². The van der Waals surface area contributed by atoms with Crippen LogP contribution in [-0.2, 0) is 12.8 Å². The van der Waals surface area contributed by atoms with Gasteiger partial charge in [0.2, 0.25) is 0 Å². The summed E-state index contributed by atoms with van der Waals surface area (Å²) < 4.78 is 0. The van der Waals surface area contributed by atoms with Crippen LogP contribution in [0.15, 0.2) is 42.5 Å². The third-order valence-corrected chi connectivity index (χ3v) is 4.85. The summed E-state index contributed by atoms with van der Waals surface area (Å²) in [5.74, 6) is 0.379. The van der Waals surface area contributed by atoms with E-state index in [9.17, 15) is 5.11 Å². The molecule has 0 saturated carbocycles. The minimum Gasteiger partial charge on any atom is -0.507 e. The Labute approximate surface area is 144 Å². The number of aromatic amines is 1. The Kier molecular flexibility index (Phi) is 5.24. The van der Waals surface area contributed by atoms with Gasteiger partial charge in [-0.2, -0.15) is 0 Å². The van der Waals surface area contributed by atoms with Crippen LogP contribution in [0.25, 0.3) is 22.2 Å². The SMILES string of the molecule is CCCCCCc1c(CC)ccc(O)c1-c1cc2ccccc2[nH]1. The van der Waals surface area contributed by atoms with Gasteiger partial charge >= 0.3 is 0 Å². The normalized spacial score (nSPS) is 11.2. The number of aryl methyl sites for hydroxylation is 1. The molecule has 0 amide bonds. The van der Waals surface area contributed by atoms with Gasteiger partial charge in [-0.15, -0.1) is 0 Å². The van der Waals surface area contributed by atoms with Crippen molar-refractivity contribution in [2.24, 2.45) is 0 Å². The number of phenols is 1. The fraction of sp³-hybridized carbons (Fsp3) is 0.364. The quantitative estimate of drug-likeness (QED) is 0.497. The molecule has 0 bridgehead atoms. The number of hydrogen-bond donors (Lipinski definition) is 2. The number of hydrogen-bond acceptors (Lipinski definition) is 1. The predicted molar refractivity (Wildman–Crippen MR) is 103 cm³/mol. The van der Waals surface area contributed by atoms with Gasteiger partial charge in [-0.25, -0.2) is 0 Å². The molecule has 2 heteroatoms. The lowest BCUT2D eigenvalue weighted by atomic mass is 9.92. The molecule has 24 heavy (non-hydrogen) atoms. The number of unbranched alkanes of at least 4 members (excludes halogenated alkanes) is 3. The first-order valence-corrected chi connectivity index (χ1v) is 9.16. The monoisotopic (exact) mass is 321 g/mol.